The van der Waals surface area contributed by atoms with Crippen LogP contribution in [0.15, 0.2) is 57.9 Å². The van der Waals surface area contributed by atoms with Gasteiger partial charge in [0.05, 0.1) is 10.6 Å². The Morgan fingerprint density at radius 2 is 1.62 bits per heavy atom. The summed E-state index contributed by atoms with van der Waals surface area (Å²) in [6.45, 7) is 2.65. The molecule has 0 spiro atoms. The zero-order chi connectivity index (χ0) is 21.0. The highest BCUT2D eigenvalue weighted by molar-refractivity contribution is 9.10. The number of anilines is 1. The van der Waals surface area contributed by atoms with Crippen LogP contribution in [0.2, 0.25) is 0 Å². The van der Waals surface area contributed by atoms with Gasteiger partial charge in [0.1, 0.15) is 0 Å². The highest BCUT2D eigenvalue weighted by atomic mass is 79.9. The van der Waals surface area contributed by atoms with Crippen LogP contribution < -0.4 is 5.32 Å². The summed E-state index contributed by atoms with van der Waals surface area (Å²) in [7, 11) is -3.26. The maximum Gasteiger partial charge on any atom is 0.253 e. The van der Waals surface area contributed by atoms with Crippen LogP contribution in [-0.4, -0.2) is 44.0 Å². The lowest BCUT2D eigenvalue weighted by Gasteiger charge is -2.31. The van der Waals surface area contributed by atoms with Gasteiger partial charge in [-0.25, -0.2) is 8.42 Å². The third kappa shape index (κ3) is 5.25. The summed E-state index contributed by atoms with van der Waals surface area (Å²) in [5.41, 5.74) is 1.21. The number of piperidine rings is 1. The van der Waals surface area contributed by atoms with Gasteiger partial charge in [-0.1, -0.05) is 22.9 Å². The van der Waals surface area contributed by atoms with E-state index in [1.54, 1.807) is 36.1 Å². The molecule has 1 saturated heterocycles. The first-order valence-electron chi connectivity index (χ1n) is 9.48. The van der Waals surface area contributed by atoms with E-state index in [1.165, 1.54) is 12.1 Å². The lowest BCUT2D eigenvalue weighted by molar-refractivity contribution is -0.121. The predicted octanol–water partition coefficient (Wildman–Crippen LogP) is 3.73. The van der Waals surface area contributed by atoms with E-state index in [0.717, 1.165) is 4.47 Å². The summed E-state index contributed by atoms with van der Waals surface area (Å²) < 4.78 is 24.7. The molecule has 2 aromatic rings. The molecule has 0 unspecified atom stereocenters. The first-order chi connectivity index (χ1) is 13.8. The average Bonchev–Trinajstić information content (AvgIpc) is 2.74. The Morgan fingerprint density at radius 3 is 2.17 bits per heavy atom. The van der Waals surface area contributed by atoms with Crippen LogP contribution in [0, 0.1) is 5.92 Å². The molecule has 1 aliphatic rings. The molecule has 1 fully saturated rings. The second-order valence-electron chi connectivity index (χ2n) is 6.99. The second kappa shape index (κ2) is 9.09. The summed E-state index contributed by atoms with van der Waals surface area (Å²) in [5, 5.41) is 2.85. The third-order valence-electron chi connectivity index (χ3n) is 5.11. The largest absolute Gasteiger partial charge is 0.339 e. The van der Waals surface area contributed by atoms with E-state index < -0.39 is 9.84 Å². The van der Waals surface area contributed by atoms with Gasteiger partial charge in [0.15, 0.2) is 9.84 Å². The van der Waals surface area contributed by atoms with Crippen molar-refractivity contribution in [1.82, 2.24) is 4.90 Å². The molecule has 0 aliphatic carbocycles. The van der Waals surface area contributed by atoms with Crippen LogP contribution in [-0.2, 0) is 14.6 Å². The maximum absolute atomic E-state index is 12.6. The molecule has 1 aliphatic heterocycles. The zero-order valence-electron chi connectivity index (χ0n) is 16.1. The number of hydrogen-bond acceptors (Lipinski definition) is 4. The van der Waals surface area contributed by atoms with Gasteiger partial charge in [-0.15, -0.1) is 0 Å². The van der Waals surface area contributed by atoms with Gasteiger partial charge < -0.3 is 10.2 Å². The summed E-state index contributed by atoms with van der Waals surface area (Å²) in [5.74, 6) is -0.269. The fraction of sp³-hybridized carbons (Fsp3) is 0.333. The SMILES string of the molecule is CCS(=O)(=O)c1ccc(NC(=O)C2CCN(C(=O)c3ccc(Br)cc3)CC2)cc1. The lowest BCUT2D eigenvalue weighted by Crippen LogP contribution is -2.41. The molecule has 0 aromatic heterocycles. The van der Waals surface area contributed by atoms with Gasteiger partial charge in [0, 0.05) is 34.7 Å². The van der Waals surface area contributed by atoms with Crippen LogP contribution in [0.5, 0.6) is 0 Å². The van der Waals surface area contributed by atoms with Crippen LogP contribution in [0.4, 0.5) is 5.69 Å². The van der Waals surface area contributed by atoms with Crippen LogP contribution in [0.25, 0.3) is 0 Å². The smallest absolute Gasteiger partial charge is 0.253 e. The van der Waals surface area contributed by atoms with E-state index in [4.69, 9.17) is 0 Å². The highest BCUT2D eigenvalue weighted by Crippen LogP contribution is 2.22. The molecule has 0 atom stereocenters. The van der Waals surface area contributed by atoms with Crippen LogP contribution in [0.1, 0.15) is 30.1 Å². The molecule has 6 nitrogen and oxygen atoms in total. The van der Waals surface area contributed by atoms with E-state index in [1.807, 2.05) is 12.1 Å². The number of likely N-dealkylation sites (tertiary alicyclic amines) is 1. The Bertz CT molecular complexity index is 980. The minimum Gasteiger partial charge on any atom is -0.339 e. The van der Waals surface area contributed by atoms with E-state index >= 15 is 0 Å². The predicted molar refractivity (Wildman–Crippen MR) is 116 cm³/mol. The molecule has 2 aromatic carbocycles. The number of sulfone groups is 1. The average molecular weight is 479 g/mol. The maximum atomic E-state index is 12.6. The topological polar surface area (TPSA) is 83.6 Å². The van der Waals surface area contributed by atoms with E-state index in [-0.39, 0.29) is 28.4 Å². The van der Waals surface area contributed by atoms with Gasteiger partial charge >= 0.3 is 0 Å². The Hall–Kier alpha value is -2.19. The Labute approximate surface area is 179 Å². The Balaban J connectivity index is 1.55. The van der Waals surface area contributed by atoms with E-state index in [2.05, 4.69) is 21.2 Å². The van der Waals surface area contributed by atoms with Crippen molar-refractivity contribution in [2.24, 2.45) is 5.92 Å². The fourth-order valence-electron chi connectivity index (χ4n) is 3.28. The number of nitrogens with zero attached hydrogens (tertiary/aromatic N) is 1. The number of benzene rings is 2. The quantitative estimate of drug-likeness (QED) is 0.709. The molecule has 1 N–H and O–H groups in total. The normalized spacial score (nSPS) is 15.2. The fourth-order valence-corrected chi connectivity index (χ4v) is 4.42. The molecule has 0 bridgehead atoms. The van der Waals surface area contributed by atoms with E-state index in [9.17, 15) is 18.0 Å². The van der Waals surface area contributed by atoms with Gasteiger partial charge in [-0.05, 0) is 61.4 Å². The van der Waals surface area contributed by atoms with Crippen molar-refractivity contribution < 1.29 is 18.0 Å². The molecule has 154 valence electrons. The van der Waals surface area contributed by atoms with Crippen LogP contribution >= 0.6 is 15.9 Å². The highest BCUT2D eigenvalue weighted by Gasteiger charge is 2.28. The summed E-state index contributed by atoms with van der Waals surface area (Å²) >= 11 is 3.36. The molecular weight excluding hydrogens is 456 g/mol. The van der Waals surface area contributed by atoms with Gasteiger partial charge in [-0.2, -0.15) is 0 Å². The first kappa shape index (κ1) is 21.5. The monoisotopic (exact) mass is 478 g/mol. The number of carbonyl (C=O) groups is 2. The van der Waals surface area contributed by atoms with Gasteiger partial charge in [-0.3, -0.25) is 9.59 Å². The van der Waals surface area contributed by atoms with Crippen molar-refractivity contribution in [3.63, 3.8) is 0 Å². The number of hydrogen-bond donors (Lipinski definition) is 1. The van der Waals surface area contributed by atoms with Crippen molar-refractivity contribution in [2.45, 2.75) is 24.7 Å². The van der Waals surface area contributed by atoms with Crippen molar-refractivity contribution in [3.8, 4) is 0 Å². The summed E-state index contributed by atoms with van der Waals surface area (Å²) in [6, 6.07) is 13.5. The summed E-state index contributed by atoms with van der Waals surface area (Å²) in [4.78, 5) is 27.2. The zero-order valence-corrected chi connectivity index (χ0v) is 18.5. The van der Waals surface area contributed by atoms with Gasteiger partial charge in [0.25, 0.3) is 5.91 Å². The van der Waals surface area contributed by atoms with Crippen molar-refractivity contribution in [3.05, 3.63) is 58.6 Å². The molecule has 1 heterocycles. The molecule has 29 heavy (non-hydrogen) atoms. The minimum absolute atomic E-state index is 0.0240. The lowest BCUT2D eigenvalue weighted by atomic mass is 9.95. The molecule has 0 radical (unpaired) electrons. The van der Waals surface area contributed by atoms with Gasteiger partial charge in [0.2, 0.25) is 5.91 Å². The minimum atomic E-state index is -3.26. The number of rotatable bonds is 5. The van der Waals surface area contributed by atoms with Crippen LogP contribution in [0.3, 0.4) is 0 Å². The van der Waals surface area contributed by atoms with Crippen molar-refractivity contribution in [1.29, 1.82) is 0 Å². The van der Waals surface area contributed by atoms with Crippen molar-refractivity contribution in [2.75, 3.05) is 24.2 Å². The first-order valence-corrected chi connectivity index (χ1v) is 11.9. The Morgan fingerprint density at radius 1 is 1.03 bits per heavy atom. The number of nitrogens with one attached hydrogen (secondary N) is 1. The number of halogens is 1. The van der Waals surface area contributed by atoms with Crippen molar-refractivity contribution >= 4 is 43.3 Å². The number of amides is 2. The molecule has 2 amide bonds. The standard InChI is InChI=1S/C21H23BrN2O4S/c1-2-29(27,28)19-9-7-18(8-10-19)23-20(25)15-11-13-24(14-12-15)21(26)16-3-5-17(22)6-4-16/h3-10,15H,2,11-14H2,1H3,(H,23,25). The molecule has 0 saturated carbocycles. The van der Waals surface area contributed by atoms with E-state index in [0.29, 0.717) is 37.2 Å². The third-order valence-corrected chi connectivity index (χ3v) is 7.38. The summed E-state index contributed by atoms with van der Waals surface area (Å²) in [6.07, 6.45) is 1.19. The molecular formula is C21H23BrN2O4S. The molecule has 3 rings (SSSR count). The number of carbonyl (C=O) groups excluding carboxylic acids is 2. The second-order valence-corrected chi connectivity index (χ2v) is 10.2. The molecule has 8 heteroatoms. The Kier molecular flexibility index (Phi) is 6.74.